The predicted octanol–water partition coefficient (Wildman–Crippen LogP) is 4.38. The number of aromatic nitrogens is 1. The Bertz CT molecular complexity index is 611. The van der Waals surface area contributed by atoms with Gasteiger partial charge in [0.1, 0.15) is 5.15 Å². The average Bonchev–Trinajstić information content (AvgIpc) is 2.53. The van der Waals surface area contributed by atoms with Crippen LogP contribution in [0.15, 0.2) is 12.1 Å². The molecule has 0 amide bonds. The molecule has 1 heterocycles. The van der Waals surface area contributed by atoms with E-state index >= 15 is 0 Å². The summed E-state index contributed by atoms with van der Waals surface area (Å²) in [5.74, 6) is 0.485. The minimum atomic E-state index is 0.485. The van der Waals surface area contributed by atoms with E-state index in [1.54, 1.807) is 0 Å². The van der Waals surface area contributed by atoms with Crippen molar-refractivity contribution in [2.45, 2.75) is 34.2 Å². The first-order valence-corrected chi connectivity index (χ1v) is 6.57. The van der Waals surface area contributed by atoms with Crippen molar-refractivity contribution < 1.29 is 4.79 Å². The normalized spacial score (nSPS) is 11.4. The minimum Gasteiger partial charge on any atom is -0.331 e. The van der Waals surface area contributed by atoms with Gasteiger partial charge in [-0.2, -0.15) is 0 Å². The summed E-state index contributed by atoms with van der Waals surface area (Å²) in [5, 5.41) is 1.51. The first kappa shape index (κ1) is 13.2. The molecule has 0 spiro atoms. The third-order valence-electron chi connectivity index (χ3n) is 3.32. The summed E-state index contributed by atoms with van der Waals surface area (Å²) in [6.07, 6.45) is 0.857. The zero-order valence-electron chi connectivity index (χ0n) is 11.2. The van der Waals surface area contributed by atoms with Crippen LogP contribution in [0.25, 0.3) is 10.9 Å². The molecule has 2 aromatic rings. The summed E-state index contributed by atoms with van der Waals surface area (Å²) >= 11 is 6.33. The third-order valence-corrected chi connectivity index (χ3v) is 3.73. The van der Waals surface area contributed by atoms with Crippen LogP contribution in [0.3, 0.4) is 0 Å². The van der Waals surface area contributed by atoms with Gasteiger partial charge in [0.2, 0.25) is 0 Å². The van der Waals surface area contributed by atoms with Crippen molar-refractivity contribution >= 4 is 28.8 Å². The molecule has 2 rings (SSSR count). The van der Waals surface area contributed by atoms with Crippen LogP contribution < -0.4 is 0 Å². The largest absolute Gasteiger partial charge is 0.331 e. The van der Waals surface area contributed by atoms with Crippen molar-refractivity contribution in [3.63, 3.8) is 0 Å². The molecule has 0 atom stereocenters. The van der Waals surface area contributed by atoms with Crippen LogP contribution in [-0.2, 0) is 6.54 Å². The smallest absolute Gasteiger partial charge is 0.153 e. The lowest BCUT2D eigenvalue weighted by Crippen LogP contribution is -2.04. The lowest BCUT2D eigenvalue weighted by molar-refractivity contribution is 0.112. The number of rotatable bonds is 3. The Hall–Kier alpha value is -1.28. The predicted molar refractivity (Wildman–Crippen MR) is 76.6 cm³/mol. The van der Waals surface area contributed by atoms with Crippen LogP contribution in [0.1, 0.15) is 35.3 Å². The molecule has 96 valence electrons. The number of hydrogen-bond acceptors (Lipinski definition) is 1. The molecular weight excluding hydrogens is 246 g/mol. The maximum atomic E-state index is 11.2. The number of halogens is 1. The zero-order chi connectivity index (χ0) is 13.4. The molecule has 0 radical (unpaired) electrons. The van der Waals surface area contributed by atoms with Gasteiger partial charge in [-0.3, -0.25) is 4.79 Å². The molecule has 0 aliphatic heterocycles. The topological polar surface area (TPSA) is 22.0 Å². The van der Waals surface area contributed by atoms with Crippen LogP contribution in [0.4, 0.5) is 0 Å². The van der Waals surface area contributed by atoms with Gasteiger partial charge in [-0.05, 0) is 43.0 Å². The SMILES string of the molecule is Cc1cc2c(C=O)c(Cl)n(CC(C)C)c2cc1C. The minimum absolute atomic E-state index is 0.485. The third kappa shape index (κ3) is 2.05. The number of nitrogens with zero attached hydrogens (tertiary/aromatic N) is 1. The van der Waals surface area contributed by atoms with Crippen LogP contribution in [0.5, 0.6) is 0 Å². The number of benzene rings is 1. The first-order valence-electron chi connectivity index (χ1n) is 6.19. The van der Waals surface area contributed by atoms with Gasteiger partial charge in [0, 0.05) is 11.9 Å². The lowest BCUT2D eigenvalue weighted by Gasteiger charge is -2.10. The van der Waals surface area contributed by atoms with E-state index in [1.165, 1.54) is 11.1 Å². The molecule has 3 heteroatoms. The molecular formula is C15H18ClNO. The van der Waals surface area contributed by atoms with Crippen molar-refractivity contribution in [2.75, 3.05) is 0 Å². The van der Waals surface area contributed by atoms with Gasteiger partial charge in [0.15, 0.2) is 6.29 Å². The monoisotopic (exact) mass is 263 g/mol. The van der Waals surface area contributed by atoms with Crippen LogP contribution in [0.2, 0.25) is 5.15 Å². The van der Waals surface area contributed by atoms with E-state index < -0.39 is 0 Å². The highest BCUT2D eigenvalue weighted by Gasteiger charge is 2.16. The molecule has 1 aromatic heterocycles. The Kier molecular flexibility index (Phi) is 3.49. The van der Waals surface area contributed by atoms with Crippen molar-refractivity contribution in [1.29, 1.82) is 0 Å². The van der Waals surface area contributed by atoms with Gasteiger partial charge in [-0.1, -0.05) is 25.4 Å². The molecule has 0 fully saturated rings. The summed E-state index contributed by atoms with van der Waals surface area (Å²) < 4.78 is 2.04. The van der Waals surface area contributed by atoms with Crippen molar-refractivity contribution in [2.24, 2.45) is 5.92 Å². The van der Waals surface area contributed by atoms with E-state index in [1.807, 2.05) is 4.57 Å². The van der Waals surface area contributed by atoms with Crippen LogP contribution in [-0.4, -0.2) is 10.9 Å². The molecule has 0 unspecified atom stereocenters. The molecule has 0 aliphatic carbocycles. The van der Waals surface area contributed by atoms with Crippen LogP contribution in [0, 0.1) is 19.8 Å². The van der Waals surface area contributed by atoms with E-state index in [4.69, 9.17) is 11.6 Å². The van der Waals surface area contributed by atoms with Gasteiger partial charge < -0.3 is 4.57 Å². The second kappa shape index (κ2) is 4.77. The summed E-state index contributed by atoms with van der Waals surface area (Å²) in [6, 6.07) is 4.17. The fraction of sp³-hybridized carbons (Fsp3) is 0.400. The second-order valence-corrected chi connectivity index (χ2v) is 5.64. The number of hydrogen-bond donors (Lipinski definition) is 0. The first-order chi connectivity index (χ1) is 8.45. The Balaban J connectivity index is 2.80. The van der Waals surface area contributed by atoms with Crippen LogP contribution >= 0.6 is 11.6 Å². The average molecular weight is 264 g/mol. The van der Waals surface area contributed by atoms with Crippen molar-refractivity contribution in [3.8, 4) is 0 Å². The fourth-order valence-corrected chi connectivity index (χ4v) is 2.56. The Labute approximate surface area is 113 Å². The number of aldehydes is 1. The van der Waals surface area contributed by atoms with E-state index in [0.717, 1.165) is 23.7 Å². The van der Waals surface area contributed by atoms with Crippen molar-refractivity contribution in [3.05, 3.63) is 34.0 Å². The number of aryl methyl sites for hydroxylation is 2. The molecule has 0 bridgehead atoms. The maximum absolute atomic E-state index is 11.2. The number of carbonyl (C=O) groups excluding carboxylic acids is 1. The summed E-state index contributed by atoms with van der Waals surface area (Å²) in [5.41, 5.74) is 4.07. The molecule has 18 heavy (non-hydrogen) atoms. The van der Waals surface area contributed by atoms with Gasteiger partial charge in [-0.15, -0.1) is 0 Å². The molecule has 0 saturated heterocycles. The van der Waals surface area contributed by atoms with Crippen molar-refractivity contribution in [1.82, 2.24) is 4.57 Å². The molecule has 0 saturated carbocycles. The fourth-order valence-electron chi connectivity index (χ4n) is 2.26. The molecule has 2 nitrogen and oxygen atoms in total. The highest BCUT2D eigenvalue weighted by molar-refractivity contribution is 6.34. The maximum Gasteiger partial charge on any atom is 0.153 e. The zero-order valence-corrected chi connectivity index (χ0v) is 12.0. The summed E-state index contributed by atoms with van der Waals surface area (Å²) in [4.78, 5) is 11.2. The Morgan fingerprint density at radius 2 is 1.89 bits per heavy atom. The lowest BCUT2D eigenvalue weighted by atomic mass is 10.1. The Morgan fingerprint density at radius 1 is 1.28 bits per heavy atom. The highest BCUT2D eigenvalue weighted by Crippen LogP contribution is 2.31. The van der Waals surface area contributed by atoms with Gasteiger partial charge in [0.25, 0.3) is 0 Å². The van der Waals surface area contributed by atoms with Gasteiger partial charge in [-0.25, -0.2) is 0 Å². The molecule has 1 aromatic carbocycles. The second-order valence-electron chi connectivity index (χ2n) is 5.28. The number of fused-ring (bicyclic) bond motifs is 1. The highest BCUT2D eigenvalue weighted by atomic mass is 35.5. The Morgan fingerprint density at radius 3 is 2.44 bits per heavy atom. The molecule has 0 N–H and O–H groups in total. The summed E-state index contributed by atoms with van der Waals surface area (Å²) in [7, 11) is 0. The van der Waals surface area contributed by atoms with Gasteiger partial charge in [0.05, 0.1) is 11.1 Å². The van der Waals surface area contributed by atoms with E-state index in [9.17, 15) is 4.79 Å². The van der Waals surface area contributed by atoms with E-state index in [-0.39, 0.29) is 0 Å². The van der Waals surface area contributed by atoms with Gasteiger partial charge >= 0.3 is 0 Å². The standard InChI is InChI=1S/C15H18ClNO/c1-9(2)7-17-14-6-11(4)10(3)5-12(14)13(8-18)15(17)16/h5-6,8-9H,7H2,1-4H3. The number of carbonyl (C=O) groups is 1. The van der Waals surface area contributed by atoms with E-state index in [0.29, 0.717) is 16.6 Å². The van der Waals surface area contributed by atoms with E-state index in [2.05, 4.69) is 39.8 Å². The quantitative estimate of drug-likeness (QED) is 0.753. The molecule has 0 aliphatic rings. The summed E-state index contributed by atoms with van der Waals surface area (Å²) in [6.45, 7) is 9.24.